The third-order valence-corrected chi connectivity index (χ3v) is 5.28. The standard InChI is InChI=1S/C12H5BrCl2N2S/c13-8-5-9(18-12(8)15)10-6-3-1-2-4-7(6)11(14)17-16-10/h1-5H. The molecule has 0 aliphatic heterocycles. The van der Waals surface area contributed by atoms with Gasteiger partial charge >= 0.3 is 0 Å². The van der Waals surface area contributed by atoms with Crippen molar-refractivity contribution in [1.82, 2.24) is 10.2 Å². The van der Waals surface area contributed by atoms with Crippen LogP contribution in [0.25, 0.3) is 21.3 Å². The summed E-state index contributed by atoms with van der Waals surface area (Å²) in [4.78, 5) is 0.965. The minimum absolute atomic E-state index is 0.413. The van der Waals surface area contributed by atoms with Crippen LogP contribution < -0.4 is 0 Å². The van der Waals surface area contributed by atoms with Gasteiger partial charge in [0.15, 0.2) is 5.15 Å². The van der Waals surface area contributed by atoms with E-state index in [0.29, 0.717) is 9.49 Å². The van der Waals surface area contributed by atoms with E-state index in [-0.39, 0.29) is 0 Å². The van der Waals surface area contributed by atoms with Crippen LogP contribution in [0.1, 0.15) is 0 Å². The summed E-state index contributed by atoms with van der Waals surface area (Å²) in [6, 6.07) is 9.73. The molecular formula is C12H5BrCl2N2S. The van der Waals surface area contributed by atoms with Crippen molar-refractivity contribution in [3.05, 3.63) is 44.3 Å². The minimum atomic E-state index is 0.413. The van der Waals surface area contributed by atoms with Crippen LogP contribution in [0.5, 0.6) is 0 Å². The number of aromatic nitrogens is 2. The van der Waals surface area contributed by atoms with Crippen LogP contribution in [0.3, 0.4) is 0 Å². The van der Waals surface area contributed by atoms with Gasteiger partial charge in [-0.3, -0.25) is 0 Å². The van der Waals surface area contributed by atoms with Gasteiger partial charge in [-0.25, -0.2) is 0 Å². The van der Waals surface area contributed by atoms with Crippen LogP contribution in [0.2, 0.25) is 9.49 Å². The summed E-state index contributed by atoms with van der Waals surface area (Å²) in [5.41, 5.74) is 0.799. The topological polar surface area (TPSA) is 25.8 Å². The number of fused-ring (bicyclic) bond motifs is 1. The number of nitrogens with zero attached hydrogens (tertiary/aromatic N) is 2. The van der Waals surface area contributed by atoms with E-state index in [1.165, 1.54) is 11.3 Å². The Balaban J connectivity index is 2.33. The van der Waals surface area contributed by atoms with Crippen molar-refractivity contribution in [3.63, 3.8) is 0 Å². The SMILES string of the molecule is Clc1sc(-c2nnc(Cl)c3ccccc23)cc1Br. The highest BCUT2D eigenvalue weighted by Crippen LogP contribution is 2.39. The Morgan fingerprint density at radius 3 is 2.44 bits per heavy atom. The normalized spacial score (nSPS) is 11.1. The molecule has 3 rings (SSSR count). The van der Waals surface area contributed by atoms with Crippen molar-refractivity contribution in [2.24, 2.45) is 0 Å². The molecule has 0 atom stereocenters. The lowest BCUT2D eigenvalue weighted by Gasteiger charge is -2.03. The van der Waals surface area contributed by atoms with Crippen LogP contribution in [-0.4, -0.2) is 10.2 Å². The van der Waals surface area contributed by atoms with Gasteiger partial charge in [0, 0.05) is 15.2 Å². The number of hydrogen-bond donors (Lipinski definition) is 0. The summed E-state index contributed by atoms with van der Waals surface area (Å²) in [5, 5.41) is 10.4. The third kappa shape index (κ3) is 2.03. The Bertz CT molecular complexity index is 723. The van der Waals surface area contributed by atoms with E-state index in [1.54, 1.807) is 0 Å². The van der Waals surface area contributed by atoms with E-state index in [1.807, 2.05) is 30.3 Å². The molecule has 0 N–H and O–H groups in total. The molecule has 0 aliphatic carbocycles. The molecule has 6 heteroatoms. The molecule has 0 radical (unpaired) electrons. The summed E-state index contributed by atoms with van der Waals surface area (Å²) < 4.78 is 1.57. The minimum Gasteiger partial charge on any atom is -0.147 e. The Kier molecular flexibility index (Phi) is 3.28. The van der Waals surface area contributed by atoms with E-state index in [0.717, 1.165) is 25.8 Å². The predicted molar refractivity (Wildman–Crippen MR) is 80.6 cm³/mol. The molecule has 0 unspecified atom stereocenters. The van der Waals surface area contributed by atoms with Gasteiger partial charge < -0.3 is 0 Å². The molecule has 2 nitrogen and oxygen atoms in total. The van der Waals surface area contributed by atoms with E-state index in [9.17, 15) is 0 Å². The van der Waals surface area contributed by atoms with Crippen LogP contribution >= 0.6 is 50.5 Å². The van der Waals surface area contributed by atoms with Crippen molar-refractivity contribution in [1.29, 1.82) is 0 Å². The molecule has 2 aromatic heterocycles. The van der Waals surface area contributed by atoms with Gasteiger partial charge in [-0.1, -0.05) is 47.5 Å². The molecule has 90 valence electrons. The average Bonchev–Trinajstić information content (AvgIpc) is 2.70. The fourth-order valence-electron chi connectivity index (χ4n) is 1.72. The van der Waals surface area contributed by atoms with E-state index < -0.39 is 0 Å². The zero-order valence-electron chi connectivity index (χ0n) is 8.82. The molecule has 0 saturated heterocycles. The van der Waals surface area contributed by atoms with Gasteiger partial charge in [0.1, 0.15) is 10.0 Å². The summed E-state index contributed by atoms with van der Waals surface area (Å²) in [5.74, 6) is 0. The number of halogens is 3. The van der Waals surface area contributed by atoms with Gasteiger partial charge in [0.2, 0.25) is 0 Å². The summed E-state index contributed by atoms with van der Waals surface area (Å²) in [6.45, 7) is 0. The van der Waals surface area contributed by atoms with Gasteiger partial charge in [0.05, 0.1) is 4.88 Å². The molecule has 0 amide bonds. The van der Waals surface area contributed by atoms with Crippen LogP contribution in [0, 0.1) is 0 Å². The largest absolute Gasteiger partial charge is 0.159 e. The molecule has 0 saturated carbocycles. The maximum absolute atomic E-state index is 6.06. The molecule has 0 aliphatic rings. The van der Waals surface area contributed by atoms with Gasteiger partial charge in [0.25, 0.3) is 0 Å². The van der Waals surface area contributed by atoms with Crippen molar-refractivity contribution in [2.75, 3.05) is 0 Å². The van der Waals surface area contributed by atoms with Crippen molar-refractivity contribution in [3.8, 4) is 10.6 Å². The van der Waals surface area contributed by atoms with E-state index in [2.05, 4.69) is 26.1 Å². The maximum atomic E-state index is 6.06. The Morgan fingerprint density at radius 1 is 1.06 bits per heavy atom. The van der Waals surface area contributed by atoms with Crippen molar-refractivity contribution >= 4 is 61.2 Å². The first-order valence-electron chi connectivity index (χ1n) is 5.03. The van der Waals surface area contributed by atoms with Gasteiger partial charge in [-0.05, 0) is 22.0 Å². The molecule has 0 fully saturated rings. The van der Waals surface area contributed by atoms with E-state index >= 15 is 0 Å². The maximum Gasteiger partial charge on any atom is 0.159 e. The number of rotatable bonds is 1. The predicted octanol–water partition coefficient (Wildman–Crippen LogP) is 5.43. The molecule has 0 bridgehead atoms. The lowest BCUT2D eigenvalue weighted by molar-refractivity contribution is 1.06. The Morgan fingerprint density at radius 2 is 1.78 bits per heavy atom. The number of thiophene rings is 1. The third-order valence-electron chi connectivity index (χ3n) is 2.52. The fourth-order valence-corrected chi connectivity index (χ4v) is 3.62. The molecule has 2 heterocycles. The number of benzene rings is 1. The smallest absolute Gasteiger partial charge is 0.147 e. The monoisotopic (exact) mass is 358 g/mol. The zero-order chi connectivity index (χ0) is 12.7. The number of hydrogen-bond acceptors (Lipinski definition) is 3. The van der Waals surface area contributed by atoms with Crippen LogP contribution in [0.4, 0.5) is 0 Å². The second-order valence-corrected chi connectivity index (χ2v) is 6.48. The van der Waals surface area contributed by atoms with Crippen LogP contribution in [0.15, 0.2) is 34.8 Å². The fraction of sp³-hybridized carbons (Fsp3) is 0. The zero-order valence-corrected chi connectivity index (χ0v) is 12.7. The summed E-state index contributed by atoms with van der Waals surface area (Å²) >= 11 is 17.0. The second-order valence-electron chi connectivity index (χ2n) is 3.62. The van der Waals surface area contributed by atoms with Gasteiger partial charge in [-0.15, -0.1) is 21.5 Å². The second kappa shape index (κ2) is 4.78. The first-order chi connectivity index (χ1) is 8.66. The molecule has 18 heavy (non-hydrogen) atoms. The van der Waals surface area contributed by atoms with Crippen LogP contribution in [-0.2, 0) is 0 Å². The first-order valence-corrected chi connectivity index (χ1v) is 7.39. The first kappa shape index (κ1) is 12.4. The van der Waals surface area contributed by atoms with Crippen molar-refractivity contribution in [2.45, 2.75) is 0 Å². The lowest BCUT2D eigenvalue weighted by Crippen LogP contribution is -1.89. The summed E-state index contributed by atoms with van der Waals surface area (Å²) in [6.07, 6.45) is 0. The van der Waals surface area contributed by atoms with E-state index in [4.69, 9.17) is 23.2 Å². The molecular weight excluding hydrogens is 355 g/mol. The highest BCUT2D eigenvalue weighted by molar-refractivity contribution is 9.10. The lowest BCUT2D eigenvalue weighted by atomic mass is 10.1. The quantitative estimate of drug-likeness (QED) is 0.579. The highest BCUT2D eigenvalue weighted by Gasteiger charge is 2.13. The Hall–Kier alpha value is -0.680. The average molecular weight is 360 g/mol. The summed E-state index contributed by atoms with van der Waals surface area (Å²) in [7, 11) is 0. The van der Waals surface area contributed by atoms with Gasteiger partial charge in [-0.2, -0.15) is 0 Å². The molecule has 3 aromatic rings. The molecule has 1 aromatic carbocycles. The molecule has 0 spiro atoms. The van der Waals surface area contributed by atoms with Crippen molar-refractivity contribution < 1.29 is 0 Å². The highest BCUT2D eigenvalue weighted by atomic mass is 79.9. The Labute approximate surface area is 126 Å².